The van der Waals surface area contributed by atoms with E-state index in [-0.39, 0.29) is 0 Å². The van der Waals surface area contributed by atoms with Crippen molar-refractivity contribution in [1.29, 1.82) is 0 Å². The van der Waals surface area contributed by atoms with E-state index >= 15 is 0 Å². The van der Waals surface area contributed by atoms with Gasteiger partial charge in [-0.2, -0.15) is 0 Å². The van der Waals surface area contributed by atoms with E-state index in [0.29, 0.717) is 12.0 Å². The molecule has 3 rings (SSSR count). The van der Waals surface area contributed by atoms with Crippen LogP contribution in [0.1, 0.15) is 24.7 Å². The Morgan fingerprint density at radius 3 is 2.90 bits per heavy atom. The van der Waals surface area contributed by atoms with E-state index < -0.39 is 0 Å². The molecule has 0 amide bonds. The molecule has 1 fully saturated rings. The first-order valence-electron chi connectivity index (χ1n) is 7.51. The van der Waals surface area contributed by atoms with Crippen LogP contribution in [0.15, 0.2) is 42.6 Å². The molecule has 110 valence electrons. The zero-order valence-electron chi connectivity index (χ0n) is 12.3. The van der Waals surface area contributed by atoms with Crippen molar-refractivity contribution in [1.82, 2.24) is 9.97 Å². The molecule has 1 aliphatic heterocycles. The fourth-order valence-electron chi connectivity index (χ4n) is 2.64. The van der Waals surface area contributed by atoms with Crippen molar-refractivity contribution < 1.29 is 4.74 Å². The molecule has 0 bridgehead atoms. The van der Waals surface area contributed by atoms with Gasteiger partial charge in [-0.05, 0) is 25.0 Å². The van der Waals surface area contributed by atoms with Crippen molar-refractivity contribution in [3.63, 3.8) is 0 Å². The minimum absolute atomic E-state index is 0.368. The van der Waals surface area contributed by atoms with Gasteiger partial charge in [0.25, 0.3) is 0 Å². The summed E-state index contributed by atoms with van der Waals surface area (Å²) in [6, 6.07) is 12.6. The van der Waals surface area contributed by atoms with Crippen molar-refractivity contribution in [2.24, 2.45) is 5.92 Å². The Morgan fingerprint density at radius 2 is 2.14 bits per heavy atom. The summed E-state index contributed by atoms with van der Waals surface area (Å²) in [5.74, 6) is 2.31. The number of anilines is 1. The maximum Gasteiger partial charge on any atom is 0.135 e. The normalized spacial score (nSPS) is 19.4. The topological polar surface area (TPSA) is 47.0 Å². The monoisotopic (exact) mass is 283 g/mol. The summed E-state index contributed by atoms with van der Waals surface area (Å²) in [7, 11) is 0. The van der Waals surface area contributed by atoms with E-state index in [2.05, 4.69) is 34.3 Å². The second-order valence-corrected chi connectivity index (χ2v) is 5.58. The average Bonchev–Trinajstić information content (AvgIpc) is 3.03. The standard InChI is InChI=1S/C17H21N3O/c1-13(15-8-10-21-12-15)19-16-7-9-18-17(20-16)11-14-5-3-2-4-6-14/h2-7,9,13,15H,8,10-12H2,1H3,(H,18,19,20). The average molecular weight is 283 g/mol. The fourth-order valence-corrected chi connectivity index (χ4v) is 2.64. The van der Waals surface area contributed by atoms with E-state index in [0.717, 1.165) is 37.7 Å². The van der Waals surface area contributed by atoms with Gasteiger partial charge in [-0.1, -0.05) is 30.3 Å². The van der Waals surface area contributed by atoms with E-state index in [9.17, 15) is 0 Å². The molecule has 1 saturated heterocycles. The molecule has 2 aromatic rings. The molecule has 0 spiro atoms. The summed E-state index contributed by atoms with van der Waals surface area (Å²) in [4.78, 5) is 8.98. The second-order valence-electron chi connectivity index (χ2n) is 5.58. The highest BCUT2D eigenvalue weighted by Gasteiger charge is 2.22. The van der Waals surface area contributed by atoms with Gasteiger partial charge < -0.3 is 10.1 Å². The number of ether oxygens (including phenoxy) is 1. The zero-order valence-corrected chi connectivity index (χ0v) is 12.3. The highest BCUT2D eigenvalue weighted by atomic mass is 16.5. The maximum absolute atomic E-state index is 5.45. The number of nitrogens with one attached hydrogen (secondary N) is 1. The molecule has 1 aromatic carbocycles. The minimum atomic E-state index is 0.368. The van der Waals surface area contributed by atoms with Crippen LogP contribution in [0.2, 0.25) is 0 Å². The third-order valence-corrected chi connectivity index (χ3v) is 3.96. The Kier molecular flexibility index (Phi) is 4.46. The minimum Gasteiger partial charge on any atom is -0.381 e. The predicted molar refractivity (Wildman–Crippen MR) is 83.3 cm³/mol. The summed E-state index contributed by atoms with van der Waals surface area (Å²) >= 11 is 0. The van der Waals surface area contributed by atoms with Gasteiger partial charge in [0.1, 0.15) is 11.6 Å². The van der Waals surface area contributed by atoms with Crippen LogP contribution in [0.4, 0.5) is 5.82 Å². The van der Waals surface area contributed by atoms with E-state index in [1.807, 2.05) is 30.5 Å². The first-order valence-corrected chi connectivity index (χ1v) is 7.51. The molecule has 1 aliphatic rings. The van der Waals surface area contributed by atoms with Gasteiger partial charge in [0.15, 0.2) is 0 Å². The molecule has 4 heteroatoms. The smallest absolute Gasteiger partial charge is 0.135 e. The van der Waals surface area contributed by atoms with Crippen molar-refractivity contribution >= 4 is 5.82 Å². The Morgan fingerprint density at radius 1 is 1.29 bits per heavy atom. The number of aromatic nitrogens is 2. The predicted octanol–water partition coefficient (Wildman–Crippen LogP) is 2.90. The molecule has 1 aromatic heterocycles. The Bertz CT molecular complexity index is 567. The van der Waals surface area contributed by atoms with Crippen LogP contribution in [0.5, 0.6) is 0 Å². The summed E-state index contributed by atoms with van der Waals surface area (Å²) in [6.07, 6.45) is 3.71. The van der Waals surface area contributed by atoms with Crippen molar-refractivity contribution in [2.75, 3.05) is 18.5 Å². The molecular weight excluding hydrogens is 262 g/mol. The van der Waals surface area contributed by atoms with E-state index in [4.69, 9.17) is 4.74 Å². The van der Waals surface area contributed by atoms with Crippen LogP contribution in [0, 0.1) is 5.92 Å². The van der Waals surface area contributed by atoms with Crippen LogP contribution < -0.4 is 5.32 Å². The number of benzene rings is 1. The van der Waals surface area contributed by atoms with Gasteiger partial charge in [-0.25, -0.2) is 9.97 Å². The van der Waals surface area contributed by atoms with Gasteiger partial charge in [-0.3, -0.25) is 0 Å². The summed E-state index contributed by atoms with van der Waals surface area (Å²) in [6.45, 7) is 3.91. The molecule has 21 heavy (non-hydrogen) atoms. The highest BCUT2D eigenvalue weighted by molar-refractivity contribution is 5.35. The van der Waals surface area contributed by atoms with Crippen LogP contribution >= 0.6 is 0 Å². The molecule has 2 heterocycles. The van der Waals surface area contributed by atoms with Crippen molar-refractivity contribution in [2.45, 2.75) is 25.8 Å². The first kappa shape index (κ1) is 14.0. The molecule has 2 unspecified atom stereocenters. The van der Waals surface area contributed by atoms with Gasteiger partial charge in [0, 0.05) is 31.2 Å². The number of rotatable bonds is 5. The lowest BCUT2D eigenvalue weighted by Gasteiger charge is -2.19. The van der Waals surface area contributed by atoms with Crippen molar-refractivity contribution in [3.05, 3.63) is 54.0 Å². The summed E-state index contributed by atoms with van der Waals surface area (Å²) < 4.78 is 5.45. The Labute approximate surface area is 125 Å². The molecule has 4 nitrogen and oxygen atoms in total. The third kappa shape index (κ3) is 3.79. The van der Waals surface area contributed by atoms with Gasteiger partial charge in [-0.15, -0.1) is 0 Å². The maximum atomic E-state index is 5.45. The first-order chi connectivity index (χ1) is 10.3. The van der Waals surface area contributed by atoms with Gasteiger partial charge in [0.05, 0.1) is 6.61 Å². The zero-order chi connectivity index (χ0) is 14.5. The molecule has 2 atom stereocenters. The number of hydrogen-bond acceptors (Lipinski definition) is 4. The number of hydrogen-bond donors (Lipinski definition) is 1. The lowest BCUT2D eigenvalue weighted by Crippen LogP contribution is -2.26. The van der Waals surface area contributed by atoms with E-state index in [1.165, 1.54) is 5.56 Å². The largest absolute Gasteiger partial charge is 0.381 e. The molecule has 0 radical (unpaired) electrons. The van der Waals surface area contributed by atoms with Crippen molar-refractivity contribution in [3.8, 4) is 0 Å². The fraction of sp³-hybridized carbons (Fsp3) is 0.412. The van der Waals surface area contributed by atoms with Crippen LogP contribution in [-0.4, -0.2) is 29.2 Å². The summed E-state index contributed by atoms with van der Waals surface area (Å²) in [5.41, 5.74) is 1.23. The molecule has 0 saturated carbocycles. The summed E-state index contributed by atoms with van der Waals surface area (Å²) in [5, 5.41) is 3.48. The van der Waals surface area contributed by atoms with E-state index in [1.54, 1.807) is 0 Å². The van der Waals surface area contributed by atoms with Gasteiger partial charge in [0.2, 0.25) is 0 Å². The third-order valence-electron chi connectivity index (χ3n) is 3.96. The quantitative estimate of drug-likeness (QED) is 0.916. The lowest BCUT2D eigenvalue weighted by molar-refractivity contribution is 0.183. The molecular formula is C17H21N3O. The molecule has 1 N–H and O–H groups in total. The molecule has 0 aliphatic carbocycles. The van der Waals surface area contributed by atoms with Crippen LogP contribution in [0.3, 0.4) is 0 Å². The Balaban J connectivity index is 1.65. The SMILES string of the molecule is CC(Nc1ccnc(Cc2ccccc2)n1)C1CCOC1. The van der Waals surface area contributed by atoms with Crippen LogP contribution in [-0.2, 0) is 11.2 Å². The second kappa shape index (κ2) is 6.68. The van der Waals surface area contributed by atoms with Gasteiger partial charge >= 0.3 is 0 Å². The number of nitrogens with zero attached hydrogens (tertiary/aromatic N) is 2. The van der Waals surface area contributed by atoms with Crippen LogP contribution in [0.25, 0.3) is 0 Å². The highest BCUT2D eigenvalue weighted by Crippen LogP contribution is 2.19. The lowest BCUT2D eigenvalue weighted by atomic mass is 10.0. The Hall–Kier alpha value is -1.94.